The smallest absolute Gasteiger partial charge is 0.395 e. The standard InChI is InChI=1S/C8H11F3N4O/c9-8(10,11)5-15(3-4-16)7-2-1-6(12)13-14-7/h1-2,16H,3-5H2,(H2,12,13). The van der Waals surface area contributed by atoms with Crippen molar-refractivity contribution in [2.24, 2.45) is 0 Å². The van der Waals surface area contributed by atoms with Crippen molar-refractivity contribution in [2.45, 2.75) is 6.18 Å². The average Bonchev–Trinajstić information content (AvgIpc) is 2.16. The summed E-state index contributed by atoms with van der Waals surface area (Å²) < 4.78 is 36.6. The van der Waals surface area contributed by atoms with Crippen molar-refractivity contribution in [2.75, 3.05) is 30.3 Å². The highest BCUT2D eigenvalue weighted by atomic mass is 19.4. The minimum Gasteiger partial charge on any atom is -0.395 e. The highest BCUT2D eigenvalue weighted by Crippen LogP contribution is 2.20. The van der Waals surface area contributed by atoms with Crippen LogP contribution in [0.4, 0.5) is 24.8 Å². The van der Waals surface area contributed by atoms with Crippen LogP contribution >= 0.6 is 0 Å². The molecule has 1 rings (SSSR count). The van der Waals surface area contributed by atoms with Crippen molar-refractivity contribution in [3.63, 3.8) is 0 Å². The van der Waals surface area contributed by atoms with Gasteiger partial charge in [0.1, 0.15) is 12.4 Å². The van der Waals surface area contributed by atoms with Gasteiger partial charge in [0.05, 0.1) is 6.61 Å². The van der Waals surface area contributed by atoms with Crippen molar-refractivity contribution < 1.29 is 18.3 Å². The molecule has 3 N–H and O–H groups in total. The predicted octanol–water partition coefficient (Wildman–Crippen LogP) is 0.420. The molecule has 0 unspecified atom stereocenters. The van der Waals surface area contributed by atoms with Gasteiger partial charge in [0.2, 0.25) is 0 Å². The average molecular weight is 236 g/mol. The number of hydrogen-bond acceptors (Lipinski definition) is 5. The first-order chi connectivity index (χ1) is 7.42. The second kappa shape index (κ2) is 4.97. The minimum absolute atomic E-state index is 0.0283. The van der Waals surface area contributed by atoms with Gasteiger partial charge in [0.15, 0.2) is 5.82 Å². The van der Waals surface area contributed by atoms with Crippen LogP contribution in [-0.2, 0) is 0 Å². The van der Waals surface area contributed by atoms with E-state index < -0.39 is 19.3 Å². The van der Waals surface area contributed by atoms with E-state index in [4.69, 9.17) is 10.8 Å². The molecule has 5 nitrogen and oxygen atoms in total. The maximum Gasteiger partial charge on any atom is 0.405 e. The predicted molar refractivity (Wildman–Crippen MR) is 51.8 cm³/mol. The summed E-state index contributed by atoms with van der Waals surface area (Å²) in [4.78, 5) is 0.881. The fraction of sp³-hybridized carbons (Fsp3) is 0.500. The number of anilines is 2. The Hall–Kier alpha value is -1.57. The number of halogens is 3. The molecule has 0 radical (unpaired) electrons. The van der Waals surface area contributed by atoms with Crippen LogP contribution in [0, 0.1) is 0 Å². The molecule has 0 aromatic carbocycles. The number of nitrogens with zero attached hydrogens (tertiary/aromatic N) is 3. The summed E-state index contributed by atoms with van der Waals surface area (Å²) in [5.41, 5.74) is 5.26. The van der Waals surface area contributed by atoms with E-state index in [-0.39, 0.29) is 18.2 Å². The monoisotopic (exact) mass is 236 g/mol. The van der Waals surface area contributed by atoms with E-state index in [2.05, 4.69) is 10.2 Å². The maximum atomic E-state index is 12.2. The molecule has 0 bridgehead atoms. The molecular formula is C8H11F3N4O. The Morgan fingerprint density at radius 3 is 2.44 bits per heavy atom. The fourth-order valence-electron chi connectivity index (χ4n) is 1.12. The third-order valence-electron chi connectivity index (χ3n) is 1.74. The zero-order chi connectivity index (χ0) is 12.2. The van der Waals surface area contributed by atoms with E-state index in [1.807, 2.05) is 0 Å². The summed E-state index contributed by atoms with van der Waals surface area (Å²) in [6, 6.07) is 2.67. The van der Waals surface area contributed by atoms with Gasteiger partial charge in [0, 0.05) is 6.54 Å². The van der Waals surface area contributed by atoms with Gasteiger partial charge in [-0.3, -0.25) is 0 Å². The van der Waals surface area contributed by atoms with Gasteiger partial charge in [-0.1, -0.05) is 0 Å². The first kappa shape index (κ1) is 12.5. The Morgan fingerprint density at radius 2 is 2.00 bits per heavy atom. The molecule has 0 aliphatic rings. The number of alkyl halides is 3. The van der Waals surface area contributed by atoms with Gasteiger partial charge in [-0.15, -0.1) is 10.2 Å². The summed E-state index contributed by atoms with van der Waals surface area (Å²) in [6.07, 6.45) is -4.36. The third-order valence-corrected chi connectivity index (χ3v) is 1.74. The lowest BCUT2D eigenvalue weighted by Crippen LogP contribution is -2.36. The number of aliphatic hydroxyl groups excluding tert-OH is 1. The molecule has 0 amide bonds. The van der Waals surface area contributed by atoms with Crippen LogP contribution in [0.1, 0.15) is 0 Å². The molecule has 16 heavy (non-hydrogen) atoms. The Bertz CT molecular complexity index is 327. The molecule has 0 atom stereocenters. The zero-order valence-electron chi connectivity index (χ0n) is 8.28. The Labute approximate surface area is 89.7 Å². The van der Waals surface area contributed by atoms with Gasteiger partial charge < -0.3 is 15.7 Å². The first-order valence-electron chi connectivity index (χ1n) is 4.44. The van der Waals surface area contributed by atoms with Crippen LogP contribution in [0.25, 0.3) is 0 Å². The van der Waals surface area contributed by atoms with Crippen LogP contribution in [0.2, 0.25) is 0 Å². The molecule has 1 aromatic heterocycles. The van der Waals surface area contributed by atoms with Crippen LogP contribution in [0.5, 0.6) is 0 Å². The molecule has 0 fully saturated rings. The fourth-order valence-corrected chi connectivity index (χ4v) is 1.12. The van der Waals surface area contributed by atoms with Crippen molar-refractivity contribution >= 4 is 11.6 Å². The third kappa shape index (κ3) is 3.89. The maximum absolute atomic E-state index is 12.2. The number of nitrogen functional groups attached to an aromatic ring is 1. The molecule has 90 valence electrons. The SMILES string of the molecule is Nc1ccc(N(CCO)CC(F)(F)F)nn1. The summed E-state index contributed by atoms with van der Waals surface area (Å²) >= 11 is 0. The summed E-state index contributed by atoms with van der Waals surface area (Å²) in [7, 11) is 0. The number of aromatic nitrogens is 2. The van der Waals surface area contributed by atoms with Crippen LogP contribution < -0.4 is 10.6 Å². The van der Waals surface area contributed by atoms with E-state index >= 15 is 0 Å². The second-order valence-electron chi connectivity index (χ2n) is 3.08. The van der Waals surface area contributed by atoms with Crippen LogP contribution in [-0.4, -0.2) is 41.2 Å². The number of rotatable bonds is 4. The van der Waals surface area contributed by atoms with Gasteiger partial charge in [0.25, 0.3) is 0 Å². The molecule has 0 saturated carbocycles. The largest absolute Gasteiger partial charge is 0.405 e. The zero-order valence-corrected chi connectivity index (χ0v) is 8.28. The topological polar surface area (TPSA) is 75.3 Å². The number of hydrogen-bond donors (Lipinski definition) is 2. The van der Waals surface area contributed by atoms with E-state index in [1.54, 1.807) is 0 Å². The molecule has 0 spiro atoms. The van der Waals surface area contributed by atoms with Crippen molar-refractivity contribution in [3.8, 4) is 0 Å². The van der Waals surface area contributed by atoms with Crippen molar-refractivity contribution in [1.82, 2.24) is 10.2 Å². The summed E-state index contributed by atoms with van der Waals surface area (Å²) in [5, 5.41) is 15.6. The lowest BCUT2D eigenvalue weighted by atomic mass is 10.4. The Kier molecular flexibility index (Phi) is 3.88. The van der Waals surface area contributed by atoms with Crippen molar-refractivity contribution in [1.29, 1.82) is 0 Å². The molecule has 0 aliphatic carbocycles. The number of nitrogens with two attached hydrogens (primary N) is 1. The second-order valence-corrected chi connectivity index (χ2v) is 3.08. The van der Waals surface area contributed by atoms with Crippen molar-refractivity contribution in [3.05, 3.63) is 12.1 Å². The molecule has 1 heterocycles. The van der Waals surface area contributed by atoms with Crippen LogP contribution in [0.3, 0.4) is 0 Å². The van der Waals surface area contributed by atoms with E-state index in [9.17, 15) is 13.2 Å². The first-order valence-corrected chi connectivity index (χ1v) is 4.44. The quantitative estimate of drug-likeness (QED) is 0.792. The molecular weight excluding hydrogens is 225 g/mol. The van der Waals surface area contributed by atoms with Gasteiger partial charge in [-0.05, 0) is 12.1 Å². The summed E-state index contributed by atoms with van der Waals surface area (Å²) in [6.45, 7) is -1.76. The normalized spacial score (nSPS) is 11.5. The van der Waals surface area contributed by atoms with Gasteiger partial charge in [-0.25, -0.2) is 0 Å². The molecule has 0 saturated heterocycles. The highest BCUT2D eigenvalue weighted by Gasteiger charge is 2.31. The lowest BCUT2D eigenvalue weighted by Gasteiger charge is -2.23. The minimum atomic E-state index is -4.36. The lowest BCUT2D eigenvalue weighted by molar-refractivity contribution is -0.120. The van der Waals surface area contributed by atoms with Gasteiger partial charge >= 0.3 is 6.18 Å². The Balaban J connectivity index is 2.80. The molecule has 1 aromatic rings. The molecule has 8 heteroatoms. The summed E-state index contributed by atoms with van der Waals surface area (Å²) in [5.74, 6) is 0.153. The van der Waals surface area contributed by atoms with E-state index in [0.717, 1.165) is 4.90 Å². The Morgan fingerprint density at radius 1 is 1.31 bits per heavy atom. The van der Waals surface area contributed by atoms with E-state index in [1.165, 1.54) is 12.1 Å². The number of aliphatic hydroxyl groups is 1. The van der Waals surface area contributed by atoms with Gasteiger partial charge in [-0.2, -0.15) is 13.2 Å². The van der Waals surface area contributed by atoms with Crippen LogP contribution in [0.15, 0.2) is 12.1 Å². The highest BCUT2D eigenvalue weighted by molar-refractivity contribution is 5.41. The molecule has 0 aliphatic heterocycles. The van der Waals surface area contributed by atoms with E-state index in [0.29, 0.717) is 0 Å².